The van der Waals surface area contributed by atoms with Crippen LogP contribution < -0.4 is 10.1 Å². The van der Waals surface area contributed by atoms with Gasteiger partial charge < -0.3 is 25.0 Å². The molecule has 1 saturated heterocycles. The number of aryl methyl sites for hydroxylation is 1. The summed E-state index contributed by atoms with van der Waals surface area (Å²) in [6.07, 6.45) is -1.02. The van der Waals surface area contributed by atoms with Gasteiger partial charge in [-0.2, -0.15) is 9.40 Å². The first-order chi connectivity index (χ1) is 25.7. The first-order valence-electron chi connectivity index (χ1n) is 18.5. The minimum Gasteiger partial charge on any atom is -0.497 e. The highest BCUT2D eigenvalue weighted by atomic mass is 32.2. The predicted octanol–water partition coefficient (Wildman–Crippen LogP) is 5.20. The molecular weight excluding hydrogens is 705 g/mol. The van der Waals surface area contributed by atoms with Crippen LogP contribution in [-0.2, 0) is 27.8 Å². The fourth-order valence-electron chi connectivity index (χ4n) is 7.06. The molecule has 1 aromatic heterocycles. The van der Waals surface area contributed by atoms with Crippen molar-refractivity contribution in [3.05, 3.63) is 107 Å². The largest absolute Gasteiger partial charge is 0.497 e. The van der Waals surface area contributed by atoms with Crippen LogP contribution in [0.25, 0.3) is 5.69 Å². The quantitative estimate of drug-likeness (QED) is 0.151. The van der Waals surface area contributed by atoms with Crippen LogP contribution >= 0.6 is 0 Å². The topological polar surface area (TPSA) is 137 Å². The monoisotopic (exact) mass is 758 g/mol. The second-order valence-electron chi connectivity index (χ2n) is 14.7. The number of sulfonamides is 1. The summed E-state index contributed by atoms with van der Waals surface area (Å²) in [6, 6.07) is 23.5. The van der Waals surface area contributed by atoms with E-state index in [1.807, 2.05) is 107 Å². The van der Waals surface area contributed by atoms with Crippen LogP contribution in [0.1, 0.15) is 50.2 Å². The van der Waals surface area contributed by atoms with E-state index in [9.17, 15) is 23.1 Å². The van der Waals surface area contributed by atoms with Crippen LogP contribution in [0.3, 0.4) is 0 Å². The van der Waals surface area contributed by atoms with Crippen molar-refractivity contribution in [3.63, 3.8) is 0 Å². The maximum absolute atomic E-state index is 14.3. The van der Waals surface area contributed by atoms with Crippen molar-refractivity contribution in [2.24, 2.45) is 11.8 Å². The molecule has 3 aromatic carbocycles. The Hall–Kier alpha value is -4.72. The Labute approximate surface area is 319 Å². The van der Waals surface area contributed by atoms with Gasteiger partial charge in [0, 0.05) is 37.4 Å². The number of hydrogen-bond donors (Lipinski definition) is 2. The number of rotatable bonds is 17. The van der Waals surface area contributed by atoms with Crippen molar-refractivity contribution in [2.75, 3.05) is 33.3 Å². The zero-order valence-corrected chi connectivity index (χ0v) is 33.2. The number of aromatic nitrogens is 2. The average molecular weight is 759 g/mol. The number of carbonyl (C=O) groups is 2. The third-order valence-electron chi connectivity index (χ3n) is 9.90. The molecule has 3 atom stereocenters. The van der Waals surface area contributed by atoms with Gasteiger partial charge in [-0.05, 0) is 74.1 Å². The fourth-order valence-corrected chi connectivity index (χ4v) is 8.68. The molecule has 0 radical (unpaired) electrons. The number of aliphatic hydroxyl groups is 1. The van der Waals surface area contributed by atoms with E-state index in [-0.39, 0.29) is 42.3 Å². The molecule has 1 fully saturated rings. The number of carbonyl (C=O) groups excluding carboxylic acids is 2. The Bertz CT molecular complexity index is 1970. The summed E-state index contributed by atoms with van der Waals surface area (Å²) in [5.41, 5.74) is 4.54. The van der Waals surface area contributed by atoms with E-state index in [0.717, 1.165) is 28.2 Å². The van der Waals surface area contributed by atoms with Gasteiger partial charge in [0.05, 0.1) is 42.1 Å². The lowest BCUT2D eigenvalue weighted by atomic mass is 9.97. The minimum atomic E-state index is -4.01. The number of nitrogens with one attached hydrogen (secondary N) is 1. The number of para-hydroxylation sites is 1. The zero-order chi connectivity index (χ0) is 39.2. The third-order valence-corrected chi connectivity index (χ3v) is 11.7. The predicted molar refractivity (Wildman–Crippen MR) is 209 cm³/mol. The minimum absolute atomic E-state index is 0.0397. The summed E-state index contributed by atoms with van der Waals surface area (Å²) < 4.78 is 36.2. The molecule has 5 rings (SSSR count). The smallest absolute Gasteiger partial charge is 0.321 e. The third kappa shape index (κ3) is 9.31. The Morgan fingerprint density at radius 2 is 1.56 bits per heavy atom. The van der Waals surface area contributed by atoms with E-state index < -0.39 is 34.1 Å². The van der Waals surface area contributed by atoms with Gasteiger partial charge in [0.25, 0.3) is 0 Å². The van der Waals surface area contributed by atoms with Crippen LogP contribution in [-0.4, -0.2) is 101 Å². The molecule has 0 bridgehead atoms. The van der Waals surface area contributed by atoms with Crippen LogP contribution in [0.4, 0.5) is 4.79 Å². The van der Waals surface area contributed by atoms with Crippen molar-refractivity contribution in [3.8, 4) is 11.4 Å². The van der Waals surface area contributed by atoms with E-state index in [2.05, 4.69) is 5.32 Å². The normalized spacial score (nSPS) is 15.3. The number of methoxy groups -OCH3 is 1. The zero-order valence-electron chi connectivity index (χ0n) is 32.3. The van der Waals surface area contributed by atoms with Gasteiger partial charge in [-0.1, -0.05) is 76.2 Å². The number of urea groups is 1. The first-order valence-corrected chi connectivity index (χ1v) is 20.0. The Morgan fingerprint density at radius 1 is 0.926 bits per heavy atom. The van der Waals surface area contributed by atoms with Gasteiger partial charge in [-0.25, -0.2) is 17.9 Å². The molecule has 0 saturated carbocycles. The van der Waals surface area contributed by atoms with Crippen molar-refractivity contribution >= 4 is 22.0 Å². The summed E-state index contributed by atoms with van der Waals surface area (Å²) in [7, 11) is -2.50. The highest BCUT2D eigenvalue weighted by molar-refractivity contribution is 7.89. The number of amides is 3. The molecular formula is C41H54N6O6S. The highest BCUT2D eigenvalue weighted by Gasteiger charge is 2.41. The summed E-state index contributed by atoms with van der Waals surface area (Å²) in [6.45, 7) is 12.6. The van der Waals surface area contributed by atoms with Crippen molar-refractivity contribution in [2.45, 2.75) is 77.6 Å². The van der Waals surface area contributed by atoms with E-state index >= 15 is 0 Å². The first kappa shape index (κ1) is 40.5. The molecule has 2 N–H and O–H groups in total. The van der Waals surface area contributed by atoms with Gasteiger partial charge in [-0.3, -0.25) is 4.79 Å². The molecule has 0 unspecified atom stereocenters. The molecule has 0 spiro atoms. The summed E-state index contributed by atoms with van der Waals surface area (Å²) in [5.74, 6) is -0.167. The van der Waals surface area contributed by atoms with Gasteiger partial charge in [0.1, 0.15) is 11.8 Å². The number of nitrogens with zero attached hydrogens (tertiary/aromatic N) is 5. The van der Waals surface area contributed by atoms with Gasteiger partial charge in [-0.15, -0.1) is 0 Å². The summed E-state index contributed by atoms with van der Waals surface area (Å²) >= 11 is 0. The van der Waals surface area contributed by atoms with Gasteiger partial charge in [0.2, 0.25) is 15.9 Å². The van der Waals surface area contributed by atoms with Gasteiger partial charge >= 0.3 is 6.03 Å². The fraction of sp³-hybridized carbons (Fsp3) is 0.439. The average Bonchev–Trinajstić information content (AvgIpc) is 3.64. The standard InChI is InChI=1S/C41H54N6O6S/c1-28(2)25-45(54(51,52)35-20-18-34(53-7)19-21-35)27-38(48)37(24-32-14-10-8-11-15-32)42-40(49)39(29(3)4)46-23-22-44(41(46)50)26-36-30(5)43-47(31(36)6)33-16-12-9-13-17-33/h8-21,28-29,37-39,48H,22-27H2,1-7H3,(H,42,49)/t37-,38+,39-/m0/s1. The molecule has 4 aromatic rings. The summed E-state index contributed by atoms with van der Waals surface area (Å²) in [5, 5.41) is 19.6. The molecule has 1 aliphatic rings. The van der Waals surface area contributed by atoms with E-state index in [1.54, 1.807) is 21.9 Å². The van der Waals surface area contributed by atoms with Crippen molar-refractivity contribution in [1.29, 1.82) is 0 Å². The SMILES string of the molecule is COc1ccc(S(=O)(=O)N(CC(C)C)C[C@@H](O)[C@H](Cc2ccccc2)NC(=O)[C@H](C(C)C)N2CCN(Cc3c(C)nn(-c4ccccc4)c3C)C2=O)cc1. The van der Waals surface area contributed by atoms with Gasteiger partial charge in [0.15, 0.2) is 0 Å². The number of hydrogen-bond acceptors (Lipinski definition) is 7. The lowest BCUT2D eigenvalue weighted by Crippen LogP contribution is -2.57. The molecule has 54 heavy (non-hydrogen) atoms. The van der Waals surface area contributed by atoms with E-state index in [1.165, 1.54) is 23.5 Å². The van der Waals surface area contributed by atoms with E-state index in [4.69, 9.17) is 9.84 Å². The maximum atomic E-state index is 14.3. The summed E-state index contributed by atoms with van der Waals surface area (Å²) in [4.78, 5) is 31.8. The van der Waals surface area contributed by atoms with Crippen LogP contribution in [0.5, 0.6) is 5.75 Å². The molecule has 3 amide bonds. The molecule has 290 valence electrons. The number of ether oxygens (including phenoxy) is 1. The second-order valence-corrected chi connectivity index (χ2v) is 16.7. The molecule has 12 nitrogen and oxygen atoms in total. The van der Waals surface area contributed by atoms with Crippen LogP contribution in [0, 0.1) is 25.7 Å². The number of aliphatic hydroxyl groups excluding tert-OH is 1. The number of benzene rings is 3. The van der Waals surface area contributed by atoms with Crippen LogP contribution in [0.15, 0.2) is 89.8 Å². The lowest BCUT2D eigenvalue weighted by Gasteiger charge is -2.34. The maximum Gasteiger partial charge on any atom is 0.321 e. The van der Waals surface area contributed by atoms with Crippen LogP contribution in [0.2, 0.25) is 0 Å². The van der Waals surface area contributed by atoms with Crippen molar-refractivity contribution in [1.82, 2.24) is 29.2 Å². The van der Waals surface area contributed by atoms with Crippen molar-refractivity contribution < 1.29 is 27.9 Å². The molecule has 13 heteroatoms. The van der Waals surface area contributed by atoms with E-state index in [0.29, 0.717) is 25.4 Å². The Morgan fingerprint density at radius 3 is 2.15 bits per heavy atom. The Balaban J connectivity index is 1.36. The molecule has 1 aliphatic heterocycles. The highest BCUT2D eigenvalue weighted by Crippen LogP contribution is 2.26. The second kappa shape index (κ2) is 17.6. The Kier molecular flexibility index (Phi) is 13.2. The lowest BCUT2D eigenvalue weighted by molar-refractivity contribution is -0.128. The molecule has 0 aliphatic carbocycles. The molecule has 2 heterocycles.